The molecule has 0 saturated carbocycles. The lowest BCUT2D eigenvalue weighted by molar-refractivity contribution is -0.147. The second-order valence-corrected chi connectivity index (χ2v) is 9.31. The molecule has 1 atom stereocenters. The molecule has 0 fully saturated rings. The van der Waals surface area contributed by atoms with Gasteiger partial charge in [-0.05, 0) is 38.5 Å². The molecule has 174 valence electrons. The van der Waals surface area contributed by atoms with Gasteiger partial charge >= 0.3 is 11.9 Å². The summed E-state index contributed by atoms with van der Waals surface area (Å²) in [5.41, 5.74) is 1.20. The number of ketones is 1. The summed E-state index contributed by atoms with van der Waals surface area (Å²) >= 11 is 2.21. The van der Waals surface area contributed by atoms with Crippen molar-refractivity contribution in [1.29, 1.82) is 0 Å². The van der Waals surface area contributed by atoms with Gasteiger partial charge in [-0.1, -0.05) is 12.1 Å². The number of thioether (sulfide) groups is 1. The minimum absolute atomic E-state index is 0.0978. The van der Waals surface area contributed by atoms with E-state index in [9.17, 15) is 24.0 Å². The summed E-state index contributed by atoms with van der Waals surface area (Å²) < 4.78 is 10.0. The molecule has 11 heteroatoms. The molecule has 2 amide bonds. The molecule has 1 aliphatic heterocycles. The first-order valence-electron chi connectivity index (χ1n) is 10.0. The van der Waals surface area contributed by atoms with Crippen LogP contribution in [0.2, 0.25) is 0 Å². The molecule has 0 bridgehead atoms. The van der Waals surface area contributed by atoms with Crippen LogP contribution in [0.3, 0.4) is 0 Å². The third kappa shape index (κ3) is 5.79. The van der Waals surface area contributed by atoms with E-state index in [0.717, 1.165) is 16.2 Å². The van der Waals surface area contributed by atoms with Gasteiger partial charge in [0, 0.05) is 4.90 Å². The van der Waals surface area contributed by atoms with E-state index in [-0.39, 0.29) is 35.3 Å². The number of benzene rings is 1. The number of para-hydroxylation sites is 1. The Morgan fingerprint density at radius 2 is 1.88 bits per heavy atom. The first-order valence-corrected chi connectivity index (χ1v) is 11.7. The first kappa shape index (κ1) is 24.5. The van der Waals surface area contributed by atoms with E-state index in [2.05, 4.69) is 10.6 Å². The van der Waals surface area contributed by atoms with Crippen LogP contribution in [0.15, 0.2) is 29.2 Å². The fourth-order valence-electron chi connectivity index (χ4n) is 3.13. The average Bonchev–Trinajstić information content (AvgIpc) is 3.09. The average molecular weight is 491 g/mol. The second kappa shape index (κ2) is 10.6. The smallest absolute Gasteiger partial charge is 0.341 e. The monoisotopic (exact) mass is 490 g/mol. The molecule has 1 aliphatic rings. The van der Waals surface area contributed by atoms with Crippen LogP contribution >= 0.6 is 23.1 Å². The fraction of sp³-hybridized carbons (Fsp3) is 0.318. The van der Waals surface area contributed by atoms with E-state index < -0.39 is 29.7 Å². The predicted molar refractivity (Wildman–Crippen MR) is 124 cm³/mol. The van der Waals surface area contributed by atoms with E-state index in [1.807, 2.05) is 12.1 Å². The fourth-order valence-corrected chi connectivity index (χ4v) is 5.33. The number of fused-ring (bicyclic) bond motifs is 1. The molecule has 9 nitrogen and oxygen atoms in total. The lowest BCUT2D eigenvalue weighted by atomic mass is 10.1. The lowest BCUT2D eigenvalue weighted by Gasteiger charge is -2.23. The van der Waals surface area contributed by atoms with Gasteiger partial charge in [0.2, 0.25) is 5.91 Å². The number of carbonyl (C=O) groups excluding carboxylic acids is 5. The Morgan fingerprint density at radius 1 is 1.15 bits per heavy atom. The highest BCUT2D eigenvalue weighted by Crippen LogP contribution is 2.37. The lowest BCUT2D eigenvalue weighted by Crippen LogP contribution is -2.32. The van der Waals surface area contributed by atoms with Crippen LogP contribution in [0, 0.1) is 6.92 Å². The Hall–Kier alpha value is -3.18. The van der Waals surface area contributed by atoms with Crippen molar-refractivity contribution < 1.29 is 33.4 Å². The number of hydrogen-bond acceptors (Lipinski definition) is 9. The number of ether oxygens (including phenoxy) is 2. The molecule has 0 radical (unpaired) electrons. The first-order chi connectivity index (χ1) is 15.7. The minimum Gasteiger partial charge on any atom is -0.462 e. The third-order valence-electron chi connectivity index (χ3n) is 4.62. The number of Topliss-reactive ketones (excluding diaryl/α,β-unsaturated/α-hetero) is 1. The van der Waals surface area contributed by atoms with Crippen molar-refractivity contribution in [3.63, 3.8) is 0 Å². The van der Waals surface area contributed by atoms with Crippen LogP contribution in [0.25, 0.3) is 0 Å². The zero-order valence-electron chi connectivity index (χ0n) is 18.2. The van der Waals surface area contributed by atoms with Crippen molar-refractivity contribution in [1.82, 2.24) is 0 Å². The Kier molecular flexibility index (Phi) is 7.88. The molecule has 1 unspecified atom stereocenters. The summed E-state index contributed by atoms with van der Waals surface area (Å²) in [6.07, 6.45) is -0.210. The summed E-state index contributed by atoms with van der Waals surface area (Å²) in [6, 6.07) is 7.24. The number of hydrogen-bond donors (Lipinski definition) is 2. The molecule has 0 saturated heterocycles. The number of anilines is 2. The van der Waals surface area contributed by atoms with E-state index in [0.29, 0.717) is 16.1 Å². The standard InChI is InChI=1S/C22H22N2O7S2/c1-4-30-22(29)18-11(2)19(12(3)25)33-21(18)24-16(26)10-31-17(27)9-15-20(28)23-13-7-5-6-8-14(13)32-15/h5-8,15H,4,9-10H2,1-3H3,(H,23,28)(H,24,26). The van der Waals surface area contributed by atoms with Gasteiger partial charge in [-0.2, -0.15) is 0 Å². The molecular weight excluding hydrogens is 468 g/mol. The van der Waals surface area contributed by atoms with Crippen LogP contribution < -0.4 is 10.6 Å². The second-order valence-electron chi connectivity index (χ2n) is 7.04. The summed E-state index contributed by atoms with van der Waals surface area (Å²) in [4.78, 5) is 62.1. The zero-order valence-corrected chi connectivity index (χ0v) is 19.8. The molecule has 2 heterocycles. The van der Waals surface area contributed by atoms with Gasteiger partial charge in [-0.15, -0.1) is 23.1 Å². The molecule has 2 aromatic rings. The van der Waals surface area contributed by atoms with Crippen molar-refractivity contribution in [3.05, 3.63) is 40.3 Å². The van der Waals surface area contributed by atoms with Crippen molar-refractivity contribution in [3.8, 4) is 0 Å². The molecule has 1 aromatic heterocycles. The molecular formula is C22H22N2O7S2. The highest BCUT2D eigenvalue weighted by molar-refractivity contribution is 8.01. The summed E-state index contributed by atoms with van der Waals surface area (Å²) in [6.45, 7) is 4.13. The van der Waals surface area contributed by atoms with Crippen LogP contribution in [-0.4, -0.2) is 48.0 Å². The Balaban J connectivity index is 1.60. The van der Waals surface area contributed by atoms with E-state index in [4.69, 9.17) is 9.47 Å². The van der Waals surface area contributed by atoms with Crippen molar-refractivity contribution >= 4 is 63.3 Å². The Morgan fingerprint density at radius 3 is 2.58 bits per heavy atom. The van der Waals surface area contributed by atoms with Crippen LogP contribution in [0.4, 0.5) is 10.7 Å². The van der Waals surface area contributed by atoms with Crippen LogP contribution in [0.1, 0.15) is 45.9 Å². The van der Waals surface area contributed by atoms with E-state index in [1.165, 1.54) is 18.7 Å². The number of thiophene rings is 1. The van der Waals surface area contributed by atoms with Crippen molar-refractivity contribution in [2.45, 2.75) is 37.3 Å². The van der Waals surface area contributed by atoms with Crippen LogP contribution in [0.5, 0.6) is 0 Å². The number of amides is 2. The molecule has 2 N–H and O–H groups in total. The zero-order chi connectivity index (χ0) is 24.1. The topological polar surface area (TPSA) is 128 Å². The quantitative estimate of drug-likeness (QED) is 0.426. The number of carbonyl (C=O) groups is 5. The van der Waals surface area contributed by atoms with Gasteiger partial charge in [0.25, 0.3) is 5.91 Å². The Bertz CT molecular complexity index is 1130. The van der Waals surface area contributed by atoms with Gasteiger partial charge in [-0.25, -0.2) is 4.79 Å². The predicted octanol–water partition coefficient (Wildman–Crippen LogP) is 3.42. The number of esters is 2. The Labute approximate surface area is 198 Å². The van der Waals surface area contributed by atoms with Gasteiger partial charge in [0.05, 0.1) is 34.4 Å². The van der Waals surface area contributed by atoms with Crippen molar-refractivity contribution in [2.24, 2.45) is 0 Å². The number of rotatable bonds is 8. The van der Waals surface area contributed by atoms with Gasteiger partial charge in [0.15, 0.2) is 12.4 Å². The van der Waals surface area contributed by atoms with E-state index in [1.54, 1.807) is 26.0 Å². The molecule has 1 aromatic carbocycles. The summed E-state index contributed by atoms with van der Waals surface area (Å²) in [5.74, 6) is -2.62. The normalized spacial score (nSPS) is 14.6. The highest BCUT2D eigenvalue weighted by Gasteiger charge is 2.30. The SMILES string of the molecule is CCOC(=O)c1c(NC(=O)COC(=O)CC2Sc3ccccc3NC2=O)sc(C(C)=O)c1C. The van der Waals surface area contributed by atoms with Gasteiger partial charge in [0.1, 0.15) is 5.00 Å². The van der Waals surface area contributed by atoms with Crippen LogP contribution in [-0.2, 0) is 23.9 Å². The highest BCUT2D eigenvalue weighted by atomic mass is 32.2. The largest absolute Gasteiger partial charge is 0.462 e. The molecule has 33 heavy (non-hydrogen) atoms. The van der Waals surface area contributed by atoms with Gasteiger partial charge < -0.3 is 20.1 Å². The molecule has 0 spiro atoms. The molecule has 3 rings (SSSR count). The number of nitrogens with one attached hydrogen (secondary N) is 2. The summed E-state index contributed by atoms with van der Waals surface area (Å²) in [5, 5.41) is 4.72. The van der Waals surface area contributed by atoms with Gasteiger partial charge in [-0.3, -0.25) is 19.2 Å². The summed E-state index contributed by atoms with van der Waals surface area (Å²) in [7, 11) is 0. The molecule has 0 aliphatic carbocycles. The maximum Gasteiger partial charge on any atom is 0.341 e. The van der Waals surface area contributed by atoms with E-state index >= 15 is 0 Å². The van der Waals surface area contributed by atoms with Crippen molar-refractivity contribution in [2.75, 3.05) is 23.8 Å². The maximum atomic E-state index is 12.4. The maximum absolute atomic E-state index is 12.4. The third-order valence-corrected chi connectivity index (χ3v) is 7.21. The minimum atomic E-state index is -0.713.